The molecule has 196 valence electrons. The van der Waals surface area contributed by atoms with Crippen molar-refractivity contribution >= 4 is 44.7 Å². The fourth-order valence-corrected chi connectivity index (χ4v) is 6.84. The molecule has 2 aromatic heterocycles. The Balaban J connectivity index is 1.50. The number of benzene rings is 2. The number of aromatic nitrogens is 1. The number of hydrogen-bond donors (Lipinski definition) is 2. The summed E-state index contributed by atoms with van der Waals surface area (Å²) in [5, 5.41) is 1.79. The molecule has 4 aromatic rings. The van der Waals surface area contributed by atoms with Crippen LogP contribution in [-0.4, -0.2) is 37.3 Å². The molecule has 7 nitrogen and oxygen atoms in total. The van der Waals surface area contributed by atoms with E-state index < -0.39 is 15.3 Å². The molecule has 9 heteroatoms. The van der Waals surface area contributed by atoms with Crippen LogP contribution in [0.15, 0.2) is 97.9 Å². The van der Waals surface area contributed by atoms with E-state index in [0.29, 0.717) is 21.8 Å². The monoisotopic (exact) mass is 546 g/mol. The predicted molar refractivity (Wildman–Crippen MR) is 157 cm³/mol. The van der Waals surface area contributed by atoms with E-state index in [4.69, 9.17) is 5.73 Å². The molecule has 1 unspecified atom stereocenters. The van der Waals surface area contributed by atoms with Gasteiger partial charge in [0.05, 0.1) is 11.4 Å². The highest BCUT2D eigenvalue weighted by Gasteiger charge is 2.27. The number of hydrogen-bond acceptors (Lipinski definition) is 6. The Bertz CT molecular complexity index is 1580. The zero-order valence-corrected chi connectivity index (χ0v) is 22.9. The molecule has 1 amide bonds. The van der Waals surface area contributed by atoms with E-state index >= 15 is 0 Å². The Morgan fingerprint density at radius 2 is 1.92 bits per heavy atom. The number of amides is 1. The third-order valence-corrected chi connectivity index (χ3v) is 9.05. The second-order valence-electron chi connectivity index (χ2n) is 9.03. The molecule has 2 aromatic carbocycles. The third-order valence-electron chi connectivity index (χ3n) is 5.78. The molecule has 0 radical (unpaired) electrons. The molecule has 0 fully saturated rings. The zero-order valence-electron chi connectivity index (χ0n) is 21.2. The molecule has 2 heterocycles. The van der Waals surface area contributed by atoms with Crippen LogP contribution in [-0.2, 0) is 21.4 Å². The molecule has 0 spiro atoms. The summed E-state index contributed by atoms with van der Waals surface area (Å²) in [5.41, 5.74) is 9.62. The van der Waals surface area contributed by atoms with Crippen LogP contribution < -0.4 is 11.1 Å². The fraction of sp³-hybridized carbons (Fsp3) is 0.138. The maximum absolute atomic E-state index is 13.5. The van der Waals surface area contributed by atoms with Gasteiger partial charge < -0.3 is 16.0 Å². The molecule has 3 N–H and O–H groups in total. The van der Waals surface area contributed by atoms with Crippen LogP contribution in [0.1, 0.15) is 21.3 Å². The van der Waals surface area contributed by atoms with Crippen molar-refractivity contribution in [3.8, 4) is 10.4 Å². The van der Waals surface area contributed by atoms with Crippen LogP contribution in [0.25, 0.3) is 16.5 Å². The van der Waals surface area contributed by atoms with E-state index in [1.165, 1.54) is 45.4 Å². The van der Waals surface area contributed by atoms with E-state index in [2.05, 4.69) is 28.9 Å². The van der Waals surface area contributed by atoms with E-state index in [0.717, 1.165) is 17.0 Å². The summed E-state index contributed by atoms with van der Waals surface area (Å²) in [4.78, 5) is 16.1. The van der Waals surface area contributed by atoms with Crippen molar-refractivity contribution in [1.29, 1.82) is 0 Å². The molecule has 4 rings (SSSR count). The second kappa shape index (κ2) is 11.6. The highest BCUT2D eigenvalue weighted by atomic mass is 32.2. The van der Waals surface area contributed by atoms with E-state index in [1.54, 1.807) is 36.4 Å². The average molecular weight is 547 g/mol. The van der Waals surface area contributed by atoms with Crippen molar-refractivity contribution < 1.29 is 13.2 Å². The molecule has 0 bridgehead atoms. The van der Waals surface area contributed by atoms with Gasteiger partial charge in [-0.2, -0.15) is 0 Å². The number of para-hydroxylation sites is 2. The smallest absolute Gasteiger partial charge is 0.249 e. The number of rotatable bonds is 10. The summed E-state index contributed by atoms with van der Waals surface area (Å²) >= 11 is 1.44. The van der Waals surface area contributed by atoms with Crippen molar-refractivity contribution in [3.05, 3.63) is 114 Å². The highest BCUT2D eigenvalue weighted by molar-refractivity contribution is 7.90. The van der Waals surface area contributed by atoms with Crippen molar-refractivity contribution in [2.24, 2.45) is 0 Å². The zero-order chi connectivity index (χ0) is 27.3. The lowest BCUT2D eigenvalue weighted by Gasteiger charge is -2.13. The first kappa shape index (κ1) is 27.1. The number of carbonyl (C=O) groups excluding carboxylic acids is 1. The summed E-state index contributed by atoms with van der Waals surface area (Å²) in [7, 11) is 0.225. The largest absolute Gasteiger partial charge is 0.397 e. The minimum atomic E-state index is -3.82. The summed E-state index contributed by atoms with van der Waals surface area (Å²) in [6.45, 7) is 4.62. The first-order valence-electron chi connectivity index (χ1n) is 11.9. The van der Waals surface area contributed by atoms with E-state index in [-0.39, 0.29) is 5.91 Å². The van der Waals surface area contributed by atoms with Crippen LogP contribution >= 0.6 is 11.3 Å². The van der Waals surface area contributed by atoms with Gasteiger partial charge in [0.25, 0.3) is 0 Å². The number of nitrogens with zero attached hydrogens (tertiary/aromatic N) is 2. The molecule has 38 heavy (non-hydrogen) atoms. The quantitative estimate of drug-likeness (QED) is 0.153. The van der Waals surface area contributed by atoms with E-state index in [1.807, 2.05) is 38.4 Å². The van der Waals surface area contributed by atoms with Crippen LogP contribution in [0.5, 0.6) is 0 Å². The Kier molecular flexibility index (Phi) is 8.31. The number of nitrogen functional groups attached to an aromatic ring is 1. The number of nitrogens with one attached hydrogen (secondary N) is 1. The normalized spacial score (nSPS) is 12.6. The van der Waals surface area contributed by atoms with Crippen molar-refractivity contribution in [2.45, 2.75) is 11.8 Å². The average Bonchev–Trinajstić information content (AvgIpc) is 3.55. The lowest BCUT2D eigenvalue weighted by Crippen LogP contribution is -2.17. The molecule has 0 saturated heterocycles. The van der Waals surface area contributed by atoms with Gasteiger partial charge in [0.15, 0.2) is 0 Å². The second-order valence-corrected chi connectivity index (χ2v) is 12.1. The SMILES string of the molecule is C=CC(c1ccc(-c2cccc(CN(C)C)c2)s1)S(=O)(=O)n1ccc(/C=C/C(=O)Nc2ccccc2N)c1. The fourth-order valence-electron chi connectivity index (χ4n) is 3.97. The van der Waals surface area contributed by atoms with Gasteiger partial charge in [-0.05, 0) is 73.3 Å². The standard InChI is InChI=1S/C29H30N4O3S2/c1-4-28(27-14-13-26(37-27)23-9-7-8-22(18-23)19-32(2)3)38(35,36)33-17-16-21(20-33)12-15-29(34)31-25-11-6-5-10-24(25)30/h4-18,20,28H,1,19,30H2,2-3H3,(H,31,34)/b15-12+. The van der Waals surface area contributed by atoms with Gasteiger partial charge in [0.1, 0.15) is 5.25 Å². The topological polar surface area (TPSA) is 97.4 Å². The molecule has 0 saturated carbocycles. The Morgan fingerprint density at radius 3 is 2.66 bits per heavy atom. The molecule has 1 atom stereocenters. The summed E-state index contributed by atoms with van der Waals surface area (Å²) in [6.07, 6.45) is 7.28. The molecule has 0 aliphatic rings. The summed E-state index contributed by atoms with van der Waals surface area (Å²) < 4.78 is 28.2. The van der Waals surface area contributed by atoms with Gasteiger partial charge in [-0.3, -0.25) is 8.77 Å². The van der Waals surface area contributed by atoms with Crippen LogP contribution in [0.3, 0.4) is 0 Å². The summed E-state index contributed by atoms with van der Waals surface area (Å²) in [5.74, 6) is -0.372. The molecule has 0 aliphatic carbocycles. The van der Waals surface area contributed by atoms with E-state index in [9.17, 15) is 13.2 Å². The first-order valence-corrected chi connectivity index (χ1v) is 14.2. The van der Waals surface area contributed by atoms with Crippen LogP contribution in [0.4, 0.5) is 11.4 Å². The first-order chi connectivity index (χ1) is 18.2. The minimum absolute atomic E-state index is 0.372. The van der Waals surface area contributed by atoms with Crippen molar-refractivity contribution in [1.82, 2.24) is 8.87 Å². The minimum Gasteiger partial charge on any atom is -0.397 e. The molecular weight excluding hydrogens is 516 g/mol. The Hall–Kier alpha value is -3.92. The molecule has 0 aliphatic heterocycles. The maximum Gasteiger partial charge on any atom is 0.249 e. The Labute approximate surface area is 227 Å². The lowest BCUT2D eigenvalue weighted by molar-refractivity contribution is -0.111. The van der Waals surface area contributed by atoms with Crippen LogP contribution in [0, 0.1) is 0 Å². The number of carbonyl (C=O) groups is 1. The van der Waals surface area contributed by atoms with Gasteiger partial charge in [0, 0.05) is 34.8 Å². The van der Waals surface area contributed by atoms with Crippen molar-refractivity contribution in [2.75, 3.05) is 25.1 Å². The number of nitrogens with two attached hydrogens (primary N) is 1. The van der Waals surface area contributed by atoms with Gasteiger partial charge >= 0.3 is 0 Å². The third kappa shape index (κ3) is 6.31. The lowest BCUT2D eigenvalue weighted by atomic mass is 10.1. The predicted octanol–water partition coefficient (Wildman–Crippen LogP) is 5.62. The van der Waals surface area contributed by atoms with Gasteiger partial charge in [-0.25, -0.2) is 8.42 Å². The maximum atomic E-state index is 13.5. The van der Waals surface area contributed by atoms with Gasteiger partial charge in [-0.1, -0.05) is 36.4 Å². The highest BCUT2D eigenvalue weighted by Crippen LogP contribution is 2.36. The van der Waals surface area contributed by atoms with Crippen molar-refractivity contribution in [3.63, 3.8) is 0 Å². The summed E-state index contributed by atoms with van der Waals surface area (Å²) in [6, 6.07) is 20.6. The van der Waals surface area contributed by atoms with Crippen LogP contribution in [0.2, 0.25) is 0 Å². The van der Waals surface area contributed by atoms with Gasteiger partial charge in [-0.15, -0.1) is 17.9 Å². The number of thiophene rings is 1. The van der Waals surface area contributed by atoms with Gasteiger partial charge in [0.2, 0.25) is 15.9 Å². The Morgan fingerprint density at radius 1 is 1.13 bits per heavy atom. The number of anilines is 2. The molecular formula is C29H30N4O3S2.